The maximum atomic E-state index is 12.1. The molecule has 1 amide bonds. The van der Waals surface area contributed by atoms with Gasteiger partial charge in [0, 0.05) is 30.1 Å². The van der Waals surface area contributed by atoms with Crippen LogP contribution in [0.2, 0.25) is 0 Å². The van der Waals surface area contributed by atoms with Crippen LogP contribution in [0, 0.1) is 10.1 Å². The van der Waals surface area contributed by atoms with Gasteiger partial charge in [-0.15, -0.1) is 12.4 Å². The molecule has 22 heavy (non-hydrogen) atoms. The van der Waals surface area contributed by atoms with Crippen LogP contribution >= 0.6 is 12.4 Å². The number of nitro benzene ring substituents is 1. The predicted octanol–water partition coefficient (Wildman–Crippen LogP) is 2.24. The molecule has 0 aliphatic carbocycles. The predicted molar refractivity (Wildman–Crippen MR) is 83.5 cm³/mol. The SMILES string of the molecule is Cl.O=C(N[C@H]1CCCNC1)c1cc2cc([N+](=O)[O-])ccc2o1. The first-order valence-electron chi connectivity index (χ1n) is 6.83. The summed E-state index contributed by atoms with van der Waals surface area (Å²) in [6, 6.07) is 5.89. The molecule has 0 unspecified atom stereocenters. The zero-order chi connectivity index (χ0) is 14.8. The lowest BCUT2D eigenvalue weighted by molar-refractivity contribution is -0.384. The summed E-state index contributed by atoms with van der Waals surface area (Å²) in [7, 11) is 0. The van der Waals surface area contributed by atoms with Gasteiger partial charge in [-0.2, -0.15) is 0 Å². The minimum absolute atomic E-state index is 0. The quantitative estimate of drug-likeness (QED) is 0.666. The third-order valence-electron chi connectivity index (χ3n) is 3.57. The Morgan fingerprint density at radius 1 is 1.41 bits per heavy atom. The molecule has 1 saturated heterocycles. The van der Waals surface area contributed by atoms with E-state index in [0.29, 0.717) is 11.0 Å². The van der Waals surface area contributed by atoms with Gasteiger partial charge in [0.05, 0.1) is 4.92 Å². The molecule has 0 radical (unpaired) electrons. The third kappa shape index (κ3) is 3.37. The highest BCUT2D eigenvalue weighted by Gasteiger charge is 2.19. The lowest BCUT2D eigenvalue weighted by Gasteiger charge is -2.23. The summed E-state index contributed by atoms with van der Waals surface area (Å²) in [6.45, 7) is 1.72. The zero-order valence-corrected chi connectivity index (χ0v) is 12.5. The normalized spacial score (nSPS) is 17.7. The highest BCUT2D eigenvalue weighted by molar-refractivity contribution is 5.96. The number of furan rings is 1. The van der Waals surface area contributed by atoms with Crippen LogP contribution in [0.3, 0.4) is 0 Å². The molecule has 0 spiro atoms. The summed E-state index contributed by atoms with van der Waals surface area (Å²) < 4.78 is 5.45. The van der Waals surface area contributed by atoms with E-state index in [9.17, 15) is 14.9 Å². The summed E-state index contributed by atoms with van der Waals surface area (Å²) >= 11 is 0. The number of piperidine rings is 1. The van der Waals surface area contributed by atoms with Crippen molar-refractivity contribution in [2.45, 2.75) is 18.9 Å². The molecular weight excluding hydrogens is 310 g/mol. The number of hydrogen-bond acceptors (Lipinski definition) is 5. The van der Waals surface area contributed by atoms with Gasteiger partial charge in [0.15, 0.2) is 5.76 Å². The summed E-state index contributed by atoms with van der Waals surface area (Å²) in [5, 5.41) is 17.4. The van der Waals surface area contributed by atoms with Gasteiger partial charge in [-0.3, -0.25) is 14.9 Å². The molecule has 2 aromatic rings. The Labute approximate surface area is 132 Å². The molecule has 3 rings (SSSR count). The molecule has 1 fully saturated rings. The average molecular weight is 326 g/mol. The molecule has 0 saturated carbocycles. The first-order valence-corrected chi connectivity index (χ1v) is 6.83. The van der Waals surface area contributed by atoms with Gasteiger partial charge in [0.25, 0.3) is 11.6 Å². The van der Waals surface area contributed by atoms with Crippen molar-refractivity contribution in [1.29, 1.82) is 0 Å². The smallest absolute Gasteiger partial charge is 0.287 e. The fraction of sp³-hybridized carbons (Fsp3) is 0.357. The maximum Gasteiger partial charge on any atom is 0.287 e. The molecule has 8 heteroatoms. The lowest BCUT2D eigenvalue weighted by atomic mass is 10.1. The molecule has 1 aliphatic heterocycles. The first kappa shape index (κ1) is 16.3. The molecule has 1 atom stereocenters. The van der Waals surface area contributed by atoms with E-state index in [2.05, 4.69) is 10.6 Å². The number of halogens is 1. The molecule has 118 valence electrons. The summed E-state index contributed by atoms with van der Waals surface area (Å²) in [5.41, 5.74) is 0.444. The number of carbonyl (C=O) groups excluding carboxylic acids is 1. The van der Waals surface area contributed by atoms with Crippen LogP contribution in [0.5, 0.6) is 0 Å². The zero-order valence-electron chi connectivity index (χ0n) is 11.7. The van der Waals surface area contributed by atoms with Crippen LogP contribution in [0.4, 0.5) is 5.69 Å². The number of nitrogens with one attached hydrogen (secondary N) is 2. The third-order valence-corrected chi connectivity index (χ3v) is 3.57. The second-order valence-electron chi connectivity index (χ2n) is 5.11. The van der Waals surface area contributed by atoms with Crippen molar-refractivity contribution in [2.75, 3.05) is 13.1 Å². The van der Waals surface area contributed by atoms with E-state index in [4.69, 9.17) is 4.42 Å². The Balaban J connectivity index is 0.00000176. The highest BCUT2D eigenvalue weighted by atomic mass is 35.5. The van der Waals surface area contributed by atoms with Crippen LogP contribution < -0.4 is 10.6 Å². The van der Waals surface area contributed by atoms with E-state index in [1.165, 1.54) is 24.3 Å². The van der Waals surface area contributed by atoms with Crippen molar-refractivity contribution < 1.29 is 14.1 Å². The summed E-state index contributed by atoms with van der Waals surface area (Å²) in [4.78, 5) is 22.4. The molecule has 0 bridgehead atoms. The van der Waals surface area contributed by atoms with Gasteiger partial charge in [-0.05, 0) is 31.5 Å². The fourth-order valence-electron chi connectivity index (χ4n) is 2.49. The molecule has 1 aliphatic rings. The number of hydrogen-bond donors (Lipinski definition) is 2. The van der Waals surface area contributed by atoms with Crippen molar-refractivity contribution in [3.05, 3.63) is 40.1 Å². The van der Waals surface area contributed by atoms with E-state index >= 15 is 0 Å². The number of rotatable bonds is 3. The first-order chi connectivity index (χ1) is 10.1. The van der Waals surface area contributed by atoms with Crippen molar-refractivity contribution >= 4 is 35.0 Å². The van der Waals surface area contributed by atoms with E-state index < -0.39 is 4.92 Å². The molecule has 1 aromatic carbocycles. The van der Waals surface area contributed by atoms with Crippen LogP contribution in [0.15, 0.2) is 28.7 Å². The second-order valence-corrected chi connectivity index (χ2v) is 5.11. The molecule has 1 aromatic heterocycles. The Morgan fingerprint density at radius 2 is 2.23 bits per heavy atom. The van der Waals surface area contributed by atoms with E-state index in [0.717, 1.165) is 25.9 Å². The van der Waals surface area contributed by atoms with Gasteiger partial charge in [-0.1, -0.05) is 0 Å². The number of benzene rings is 1. The fourth-order valence-corrected chi connectivity index (χ4v) is 2.49. The molecule has 2 N–H and O–H groups in total. The maximum absolute atomic E-state index is 12.1. The van der Waals surface area contributed by atoms with E-state index in [1.807, 2.05) is 0 Å². The number of nitrogens with zero attached hydrogens (tertiary/aromatic N) is 1. The van der Waals surface area contributed by atoms with Crippen molar-refractivity contribution in [1.82, 2.24) is 10.6 Å². The Morgan fingerprint density at radius 3 is 2.91 bits per heavy atom. The number of nitro groups is 1. The Kier molecular flexibility index (Phi) is 4.99. The molecular formula is C14H16ClN3O4. The van der Waals surface area contributed by atoms with Crippen molar-refractivity contribution in [2.24, 2.45) is 0 Å². The lowest BCUT2D eigenvalue weighted by Crippen LogP contribution is -2.45. The average Bonchev–Trinajstić information content (AvgIpc) is 2.91. The highest BCUT2D eigenvalue weighted by Crippen LogP contribution is 2.24. The van der Waals surface area contributed by atoms with Gasteiger partial charge in [0.1, 0.15) is 5.58 Å². The monoisotopic (exact) mass is 325 g/mol. The summed E-state index contributed by atoms with van der Waals surface area (Å²) in [6.07, 6.45) is 1.96. The van der Waals surface area contributed by atoms with Gasteiger partial charge in [0.2, 0.25) is 0 Å². The number of carbonyl (C=O) groups is 1. The molecule has 7 nitrogen and oxygen atoms in total. The van der Waals surface area contributed by atoms with E-state index in [1.54, 1.807) is 0 Å². The van der Waals surface area contributed by atoms with E-state index in [-0.39, 0.29) is 35.8 Å². The number of amides is 1. The Bertz CT molecular complexity index is 694. The minimum Gasteiger partial charge on any atom is -0.451 e. The minimum atomic E-state index is -0.472. The van der Waals surface area contributed by atoms with Crippen LogP contribution in [0.25, 0.3) is 11.0 Å². The van der Waals surface area contributed by atoms with Gasteiger partial charge >= 0.3 is 0 Å². The number of non-ortho nitro benzene ring substituents is 1. The van der Waals surface area contributed by atoms with Crippen molar-refractivity contribution in [3.8, 4) is 0 Å². The standard InChI is InChI=1S/C14H15N3O4.ClH/c18-14(16-10-2-1-5-15-8-10)13-7-9-6-11(17(19)20)3-4-12(9)21-13;/h3-4,6-7,10,15H,1-2,5,8H2,(H,16,18);1H/t10-;/m0./s1. The van der Waals surface area contributed by atoms with Crippen LogP contribution in [-0.2, 0) is 0 Å². The second kappa shape index (κ2) is 6.76. The molecule has 2 heterocycles. The number of fused-ring (bicyclic) bond motifs is 1. The van der Waals surface area contributed by atoms with Crippen LogP contribution in [0.1, 0.15) is 23.4 Å². The van der Waals surface area contributed by atoms with Gasteiger partial charge < -0.3 is 15.1 Å². The summed E-state index contributed by atoms with van der Waals surface area (Å²) in [5.74, 6) is -0.112. The van der Waals surface area contributed by atoms with Gasteiger partial charge in [-0.25, -0.2) is 0 Å². The van der Waals surface area contributed by atoms with Crippen molar-refractivity contribution in [3.63, 3.8) is 0 Å². The Hall–Kier alpha value is -2.12. The largest absolute Gasteiger partial charge is 0.451 e. The topological polar surface area (TPSA) is 97.4 Å². The van der Waals surface area contributed by atoms with Crippen LogP contribution in [-0.4, -0.2) is 30.0 Å².